The second kappa shape index (κ2) is 7.91. The van der Waals surface area contributed by atoms with Crippen molar-refractivity contribution in [1.82, 2.24) is 9.97 Å². The summed E-state index contributed by atoms with van der Waals surface area (Å²) in [7, 11) is 0. The number of aliphatic hydroxyl groups excluding tert-OH is 1. The van der Waals surface area contributed by atoms with E-state index in [0.717, 1.165) is 30.3 Å². The molecule has 3 heterocycles. The van der Waals surface area contributed by atoms with Crippen LogP contribution in [0.4, 0.5) is 20.4 Å². The number of benzene rings is 1. The maximum atomic E-state index is 15.1. The predicted octanol–water partition coefficient (Wildman–Crippen LogP) is 4.22. The van der Waals surface area contributed by atoms with Gasteiger partial charge in [-0.25, -0.2) is 18.7 Å². The van der Waals surface area contributed by atoms with Gasteiger partial charge >= 0.3 is 0 Å². The Morgan fingerprint density at radius 3 is 2.77 bits per heavy atom. The van der Waals surface area contributed by atoms with Crippen molar-refractivity contribution < 1.29 is 18.6 Å². The molecular formula is C23H26F2N4O2. The number of nitrogens with one attached hydrogen (secondary N) is 1. The molecule has 164 valence electrons. The second-order valence-corrected chi connectivity index (χ2v) is 8.94. The van der Waals surface area contributed by atoms with E-state index in [1.54, 1.807) is 0 Å². The van der Waals surface area contributed by atoms with Crippen LogP contribution in [0.2, 0.25) is 0 Å². The smallest absolute Gasteiger partial charge is 0.223 e. The molecule has 0 amide bonds. The Labute approximate surface area is 179 Å². The van der Waals surface area contributed by atoms with Gasteiger partial charge in [0.05, 0.1) is 24.9 Å². The summed E-state index contributed by atoms with van der Waals surface area (Å²) in [6.45, 7) is 5.04. The molecule has 0 radical (unpaired) electrons. The second-order valence-electron chi connectivity index (χ2n) is 8.94. The van der Waals surface area contributed by atoms with Gasteiger partial charge < -0.3 is 15.2 Å². The zero-order chi connectivity index (χ0) is 21.7. The van der Waals surface area contributed by atoms with Gasteiger partial charge in [0.1, 0.15) is 17.2 Å². The maximum Gasteiger partial charge on any atom is 0.223 e. The lowest BCUT2D eigenvalue weighted by Crippen LogP contribution is -2.42. The number of ether oxygens (including phenoxy) is 1. The van der Waals surface area contributed by atoms with Crippen LogP contribution in [0.15, 0.2) is 23.3 Å². The number of rotatable bonds is 3. The molecule has 3 aliphatic rings. The van der Waals surface area contributed by atoms with Crippen molar-refractivity contribution in [2.45, 2.75) is 51.2 Å². The van der Waals surface area contributed by atoms with E-state index in [1.807, 2.05) is 6.07 Å². The average molecular weight is 428 g/mol. The lowest BCUT2D eigenvalue weighted by molar-refractivity contribution is -0.0136. The van der Waals surface area contributed by atoms with Crippen LogP contribution in [0.25, 0.3) is 11.3 Å². The van der Waals surface area contributed by atoms with Crippen molar-refractivity contribution in [2.75, 3.05) is 18.5 Å². The number of fused-ring (bicyclic) bond motifs is 3. The molecule has 1 aromatic carbocycles. The molecule has 6 nitrogen and oxygen atoms in total. The van der Waals surface area contributed by atoms with Crippen LogP contribution in [0, 0.1) is 23.5 Å². The molecule has 1 aliphatic carbocycles. The zero-order valence-electron chi connectivity index (χ0n) is 17.6. The molecule has 1 saturated carbocycles. The Kier molecular flexibility index (Phi) is 5.22. The minimum Gasteiger partial charge on any atom is -0.389 e. The fraction of sp³-hybridized carbons (Fsp3) is 0.522. The minimum atomic E-state index is -0.700. The molecule has 0 spiro atoms. The maximum absolute atomic E-state index is 15.1. The molecule has 2 N–H and O–H groups in total. The monoisotopic (exact) mass is 428 g/mol. The van der Waals surface area contributed by atoms with Gasteiger partial charge in [0, 0.05) is 23.8 Å². The number of aliphatic imine (C=N–C) groups is 1. The summed E-state index contributed by atoms with van der Waals surface area (Å²) < 4.78 is 35.0. The normalized spacial score (nSPS) is 29.8. The van der Waals surface area contributed by atoms with Crippen LogP contribution in [0.1, 0.15) is 44.6 Å². The molecule has 2 aromatic rings. The zero-order valence-corrected chi connectivity index (χ0v) is 17.6. The topological polar surface area (TPSA) is 79.6 Å². The van der Waals surface area contributed by atoms with Gasteiger partial charge in [0.15, 0.2) is 5.82 Å². The number of aliphatic hydroxyl groups is 1. The van der Waals surface area contributed by atoms with Crippen molar-refractivity contribution >= 4 is 17.3 Å². The Hall–Kier alpha value is -2.45. The highest BCUT2D eigenvalue weighted by molar-refractivity contribution is 6.00. The fourth-order valence-corrected chi connectivity index (χ4v) is 5.01. The van der Waals surface area contributed by atoms with Gasteiger partial charge in [-0.1, -0.05) is 13.8 Å². The quantitative estimate of drug-likeness (QED) is 0.765. The van der Waals surface area contributed by atoms with Crippen LogP contribution >= 0.6 is 0 Å². The van der Waals surface area contributed by atoms with E-state index in [0.29, 0.717) is 36.1 Å². The van der Waals surface area contributed by atoms with Crippen LogP contribution in [0.5, 0.6) is 0 Å². The van der Waals surface area contributed by atoms with E-state index in [9.17, 15) is 9.50 Å². The first-order chi connectivity index (χ1) is 14.9. The van der Waals surface area contributed by atoms with Gasteiger partial charge in [-0.2, -0.15) is 0 Å². The molecule has 2 aliphatic heterocycles. The van der Waals surface area contributed by atoms with E-state index in [2.05, 4.69) is 34.1 Å². The third kappa shape index (κ3) is 3.61. The molecule has 31 heavy (non-hydrogen) atoms. The summed E-state index contributed by atoms with van der Waals surface area (Å²) in [5.41, 5.74) is 2.63. The fourth-order valence-electron chi connectivity index (χ4n) is 5.01. The Morgan fingerprint density at radius 2 is 1.97 bits per heavy atom. The Bertz CT molecular complexity index is 1040. The summed E-state index contributed by atoms with van der Waals surface area (Å²) in [6, 6.07) is 2.84. The van der Waals surface area contributed by atoms with Crippen LogP contribution in [-0.4, -0.2) is 46.1 Å². The van der Waals surface area contributed by atoms with E-state index in [1.165, 1.54) is 6.07 Å². The molecule has 2 fully saturated rings. The van der Waals surface area contributed by atoms with Gasteiger partial charge in [0.25, 0.3) is 0 Å². The van der Waals surface area contributed by atoms with E-state index in [4.69, 9.17) is 4.74 Å². The lowest BCUT2D eigenvalue weighted by Gasteiger charge is -2.31. The third-order valence-electron chi connectivity index (χ3n) is 6.77. The molecule has 1 saturated heterocycles. The number of nitrogens with zero attached hydrogens (tertiary/aromatic N) is 3. The van der Waals surface area contributed by atoms with Crippen LogP contribution in [0.3, 0.4) is 0 Å². The van der Waals surface area contributed by atoms with Crippen LogP contribution < -0.4 is 5.32 Å². The van der Waals surface area contributed by atoms with Crippen LogP contribution in [-0.2, 0) is 4.74 Å². The van der Waals surface area contributed by atoms with E-state index in [-0.39, 0.29) is 30.2 Å². The van der Waals surface area contributed by atoms with Gasteiger partial charge in [-0.3, -0.25) is 4.99 Å². The first-order valence-electron chi connectivity index (χ1n) is 10.9. The molecule has 8 heteroatoms. The predicted molar refractivity (Wildman–Crippen MR) is 114 cm³/mol. The van der Waals surface area contributed by atoms with Gasteiger partial charge in [0.2, 0.25) is 5.95 Å². The number of halogens is 2. The van der Waals surface area contributed by atoms with Gasteiger partial charge in [-0.05, 0) is 48.8 Å². The number of hydrogen-bond acceptors (Lipinski definition) is 6. The summed E-state index contributed by atoms with van der Waals surface area (Å²) in [6.07, 6.45) is 3.07. The minimum absolute atomic E-state index is 0.0331. The summed E-state index contributed by atoms with van der Waals surface area (Å²) >= 11 is 0. The van der Waals surface area contributed by atoms with Crippen molar-refractivity contribution in [1.29, 1.82) is 0 Å². The van der Waals surface area contributed by atoms with E-state index >= 15 is 4.39 Å². The summed E-state index contributed by atoms with van der Waals surface area (Å²) in [5, 5.41) is 13.1. The highest BCUT2D eigenvalue weighted by Crippen LogP contribution is 2.49. The average Bonchev–Trinajstić information content (AvgIpc) is 3.15. The van der Waals surface area contributed by atoms with E-state index < -0.39 is 17.7 Å². The summed E-state index contributed by atoms with van der Waals surface area (Å²) in [4.78, 5) is 13.0. The largest absolute Gasteiger partial charge is 0.389 e. The van der Waals surface area contributed by atoms with Crippen molar-refractivity contribution in [2.24, 2.45) is 16.8 Å². The molecule has 3 unspecified atom stereocenters. The SMILES string of the molecule is CC1CCC(C)C2C1=Nc1c(F)cc(-c3nc(N[C@@H]4CCOC[C@H]4O)ncc3F)cc12. The highest BCUT2D eigenvalue weighted by Gasteiger charge is 2.39. The standard InChI is InChI=1S/C23H26F2N4O2/c1-11-3-4-12(2)20-19(11)14-7-13(8-15(24)22(14)28-20)21-16(25)9-26-23(29-21)27-17-5-6-31-10-18(17)30/h7-9,11-12,17-19,30H,3-6,10H2,1-2H3,(H,26,27,29)/t11?,12?,17-,18-,19?/m1/s1. The molecule has 0 bridgehead atoms. The first kappa shape index (κ1) is 20.5. The highest BCUT2D eigenvalue weighted by atomic mass is 19.1. The molecule has 5 rings (SSSR count). The Balaban J connectivity index is 1.50. The van der Waals surface area contributed by atoms with Crippen molar-refractivity contribution in [3.63, 3.8) is 0 Å². The molecule has 5 atom stereocenters. The lowest BCUT2D eigenvalue weighted by atomic mass is 9.72. The summed E-state index contributed by atoms with van der Waals surface area (Å²) in [5.74, 6) is -0.155. The first-order valence-corrected chi connectivity index (χ1v) is 10.9. The van der Waals surface area contributed by atoms with Crippen molar-refractivity contribution in [3.8, 4) is 11.3 Å². The number of aromatic nitrogens is 2. The number of hydrogen-bond donors (Lipinski definition) is 2. The molecule has 1 aromatic heterocycles. The number of anilines is 1. The molecular weight excluding hydrogens is 402 g/mol. The van der Waals surface area contributed by atoms with Gasteiger partial charge in [-0.15, -0.1) is 0 Å². The Morgan fingerprint density at radius 1 is 1.13 bits per heavy atom. The van der Waals surface area contributed by atoms with Crippen molar-refractivity contribution in [3.05, 3.63) is 35.5 Å². The third-order valence-corrected chi connectivity index (χ3v) is 6.77.